The molecule has 1 atom stereocenters. The van der Waals surface area contributed by atoms with Gasteiger partial charge in [0, 0.05) is 18.2 Å². The van der Waals surface area contributed by atoms with E-state index in [9.17, 15) is 18.4 Å². The molecule has 4 aromatic carbocycles. The standard InChI is InChI=1S/C31H28F2N2O4/c1-38-25-15-16-27(28(19-25)39-2)34-31(37)30(22-12-8-13-24(32)18-22)35(20-23-11-6-7-14-26(23)33)29(36)17-21-9-4-3-5-10-21/h3-16,18-19,30H,17,20H2,1-2H3,(H,34,37). The molecule has 0 bridgehead atoms. The molecule has 0 aliphatic heterocycles. The van der Waals surface area contributed by atoms with E-state index in [4.69, 9.17) is 9.47 Å². The van der Waals surface area contributed by atoms with Crippen molar-refractivity contribution in [1.29, 1.82) is 0 Å². The van der Waals surface area contributed by atoms with Crippen LogP contribution in [-0.4, -0.2) is 30.9 Å². The quantitative estimate of drug-likeness (QED) is 0.276. The molecule has 2 amide bonds. The minimum Gasteiger partial charge on any atom is -0.497 e. The second kappa shape index (κ2) is 12.7. The summed E-state index contributed by atoms with van der Waals surface area (Å²) in [4.78, 5) is 29.0. The molecule has 0 saturated heterocycles. The monoisotopic (exact) mass is 530 g/mol. The van der Waals surface area contributed by atoms with E-state index in [0.717, 1.165) is 5.56 Å². The molecular weight excluding hydrogens is 502 g/mol. The second-order valence-corrected chi connectivity index (χ2v) is 8.79. The molecule has 0 aromatic heterocycles. The number of anilines is 1. The first-order chi connectivity index (χ1) is 18.9. The normalized spacial score (nSPS) is 11.4. The molecule has 4 rings (SSSR count). The number of carbonyl (C=O) groups excluding carboxylic acids is 2. The van der Waals surface area contributed by atoms with Gasteiger partial charge >= 0.3 is 0 Å². The van der Waals surface area contributed by atoms with Crippen LogP contribution in [0.3, 0.4) is 0 Å². The third-order valence-electron chi connectivity index (χ3n) is 6.21. The van der Waals surface area contributed by atoms with Crippen molar-refractivity contribution >= 4 is 17.5 Å². The Labute approximate surface area is 225 Å². The van der Waals surface area contributed by atoms with Gasteiger partial charge in [0.2, 0.25) is 5.91 Å². The van der Waals surface area contributed by atoms with Crippen molar-refractivity contribution in [2.24, 2.45) is 0 Å². The van der Waals surface area contributed by atoms with E-state index < -0.39 is 29.5 Å². The molecule has 1 unspecified atom stereocenters. The number of methoxy groups -OCH3 is 2. The number of hydrogen-bond donors (Lipinski definition) is 1. The molecule has 6 nitrogen and oxygen atoms in total. The van der Waals surface area contributed by atoms with E-state index in [1.54, 1.807) is 66.7 Å². The molecule has 0 saturated carbocycles. The summed E-state index contributed by atoms with van der Waals surface area (Å²) in [6.07, 6.45) is -0.0414. The van der Waals surface area contributed by atoms with Crippen LogP contribution in [0.1, 0.15) is 22.7 Å². The number of halogens is 2. The Hall–Kier alpha value is -4.72. The molecule has 39 heavy (non-hydrogen) atoms. The lowest BCUT2D eigenvalue weighted by molar-refractivity contribution is -0.139. The van der Waals surface area contributed by atoms with Gasteiger partial charge in [-0.25, -0.2) is 8.78 Å². The zero-order valence-corrected chi connectivity index (χ0v) is 21.6. The van der Waals surface area contributed by atoms with E-state index in [0.29, 0.717) is 17.2 Å². The van der Waals surface area contributed by atoms with Gasteiger partial charge in [-0.15, -0.1) is 0 Å². The average molecular weight is 531 g/mol. The molecule has 8 heteroatoms. The summed E-state index contributed by atoms with van der Waals surface area (Å²) < 4.78 is 39.8. The minimum absolute atomic E-state index is 0.0414. The summed E-state index contributed by atoms with van der Waals surface area (Å²) in [5.41, 5.74) is 1.50. The Balaban J connectivity index is 1.78. The topological polar surface area (TPSA) is 67.9 Å². The summed E-state index contributed by atoms with van der Waals surface area (Å²) >= 11 is 0. The predicted octanol–water partition coefficient (Wildman–Crippen LogP) is 5.93. The zero-order valence-electron chi connectivity index (χ0n) is 21.6. The van der Waals surface area contributed by atoms with Gasteiger partial charge < -0.3 is 19.7 Å². The minimum atomic E-state index is -1.29. The molecule has 4 aromatic rings. The third-order valence-corrected chi connectivity index (χ3v) is 6.21. The van der Waals surface area contributed by atoms with Gasteiger partial charge in [-0.3, -0.25) is 9.59 Å². The van der Waals surface area contributed by atoms with E-state index in [1.807, 2.05) is 6.07 Å². The van der Waals surface area contributed by atoms with Crippen molar-refractivity contribution in [2.75, 3.05) is 19.5 Å². The molecule has 0 radical (unpaired) electrons. The van der Waals surface area contributed by atoms with E-state index in [2.05, 4.69) is 5.32 Å². The van der Waals surface area contributed by atoms with Gasteiger partial charge in [0.1, 0.15) is 29.2 Å². The zero-order chi connectivity index (χ0) is 27.8. The number of benzene rings is 4. The lowest BCUT2D eigenvalue weighted by atomic mass is 10.0. The highest BCUT2D eigenvalue weighted by molar-refractivity contribution is 5.99. The summed E-state index contributed by atoms with van der Waals surface area (Å²) in [5, 5.41) is 2.80. The first-order valence-corrected chi connectivity index (χ1v) is 12.2. The van der Waals surface area contributed by atoms with Crippen molar-refractivity contribution in [3.05, 3.63) is 125 Å². The number of hydrogen-bond acceptors (Lipinski definition) is 4. The number of amides is 2. The number of nitrogens with zero attached hydrogens (tertiary/aromatic N) is 1. The van der Waals surface area contributed by atoms with Crippen LogP contribution in [0.25, 0.3) is 0 Å². The molecule has 0 aliphatic carbocycles. The molecule has 1 N–H and O–H groups in total. The Morgan fingerprint density at radius 2 is 1.59 bits per heavy atom. The fourth-order valence-electron chi connectivity index (χ4n) is 4.26. The van der Waals surface area contributed by atoms with Gasteiger partial charge in [-0.1, -0.05) is 60.7 Å². The van der Waals surface area contributed by atoms with Crippen LogP contribution >= 0.6 is 0 Å². The lowest BCUT2D eigenvalue weighted by Gasteiger charge is -2.32. The molecule has 0 fully saturated rings. The van der Waals surface area contributed by atoms with E-state index in [-0.39, 0.29) is 24.1 Å². The number of nitrogens with one attached hydrogen (secondary N) is 1. The van der Waals surface area contributed by atoms with Crippen molar-refractivity contribution in [2.45, 2.75) is 19.0 Å². The fourth-order valence-corrected chi connectivity index (χ4v) is 4.26. The van der Waals surface area contributed by atoms with Crippen LogP contribution in [0.4, 0.5) is 14.5 Å². The second-order valence-electron chi connectivity index (χ2n) is 8.79. The van der Waals surface area contributed by atoms with Crippen LogP contribution in [0.2, 0.25) is 0 Å². The van der Waals surface area contributed by atoms with Gasteiger partial charge in [-0.05, 0) is 41.5 Å². The number of carbonyl (C=O) groups is 2. The van der Waals surface area contributed by atoms with E-state index in [1.165, 1.54) is 43.4 Å². The Bertz CT molecular complexity index is 1450. The maximum absolute atomic E-state index is 14.8. The van der Waals surface area contributed by atoms with Crippen LogP contribution in [0, 0.1) is 11.6 Å². The van der Waals surface area contributed by atoms with Gasteiger partial charge in [-0.2, -0.15) is 0 Å². The summed E-state index contributed by atoms with van der Waals surface area (Å²) in [6.45, 7) is -0.216. The summed E-state index contributed by atoms with van der Waals surface area (Å²) in [7, 11) is 2.95. The smallest absolute Gasteiger partial charge is 0.251 e. The van der Waals surface area contributed by atoms with E-state index >= 15 is 0 Å². The molecule has 0 spiro atoms. The van der Waals surface area contributed by atoms with Gasteiger partial charge in [0.15, 0.2) is 0 Å². The summed E-state index contributed by atoms with van der Waals surface area (Å²) in [5.74, 6) is -1.31. The first kappa shape index (κ1) is 27.3. The van der Waals surface area contributed by atoms with Crippen molar-refractivity contribution in [3.8, 4) is 11.5 Å². The molecular formula is C31H28F2N2O4. The van der Waals surface area contributed by atoms with Crippen LogP contribution in [0.5, 0.6) is 11.5 Å². The Morgan fingerprint density at radius 1 is 0.846 bits per heavy atom. The predicted molar refractivity (Wildman–Crippen MR) is 144 cm³/mol. The number of rotatable bonds is 10. The molecule has 0 heterocycles. The lowest BCUT2D eigenvalue weighted by Crippen LogP contribution is -2.42. The Morgan fingerprint density at radius 3 is 2.28 bits per heavy atom. The number of ether oxygens (including phenoxy) is 2. The summed E-state index contributed by atoms with van der Waals surface area (Å²) in [6, 6.07) is 24.1. The highest BCUT2D eigenvalue weighted by atomic mass is 19.1. The Kier molecular flexibility index (Phi) is 8.89. The van der Waals surface area contributed by atoms with Crippen molar-refractivity contribution < 1.29 is 27.8 Å². The SMILES string of the molecule is COc1ccc(NC(=O)C(c2cccc(F)c2)N(Cc2ccccc2F)C(=O)Cc2ccccc2)c(OC)c1. The first-order valence-electron chi connectivity index (χ1n) is 12.2. The van der Waals surface area contributed by atoms with Crippen molar-refractivity contribution in [1.82, 2.24) is 4.90 Å². The fraction of sp³-hybridized carbons (Fsp3) is 0.161. The van der Waals surface area contributed by atoms with Gasteiger partial charge in [0.05, 0.1) is 26.3 Å². The van der Waals surface area contributed by atoms with Crippen molar-refractivity contribution in [3.63, 3.8) is 0 Å². The highest BCUT2D eigenvalue weighted by Crippen LogP contribution is 2.32. The largest absolute Gasteiger partial charge is 0.497 e. The average Bonchev–Trinajstić information content (AvgIpc) is 2.94. The van der Waals surface area contributed by atoms with Crippen LogP contribution < -0.4 is 14.8 Å². The molecule has 0 aliphatic rings. The maximum Gasteiger partial charge on any atom is 0.251 e. The van der Waals surface area contributed by atoms with Gasteiger partial charge in [0.25, 0.3) is 5.91 Å². The maximum atomic E-state index is 14.8. The van der Waals surface area contributed by atoms with Crippen LogP contribution in [0.15, 0.2) is 97.1 Å². The molecule has 200 valence electrons. The highest BCUT2D eigenvalue weighted by Gasteiger charge is 2.33. The van der Waals surface area contributed by atoms with Crippen LogP contribution in [-0.2, 0) is 22.6 Å². The third kappa shape index (κ3) is 6.78.